The third kappa shape index (κ3) is 5.91. The van der Waals surface area contributed by atoms with Gasteiger partial charge >= 0.3 is 0 Å². The van der Waals surface area contributed by atoms with E-state index in [2.05, 4.69) is 34.6 Å². The average molecular weight is 400 g/mol. The van der Waals surface area contributed by atoms with Crippen LogP contribution in [-0.2, 0) is 16.1 Å². The zero-order valence-corrected chi connectivity index (χ0v) is 17.4. The third-order valence-corrected chi connectivity index (χ3v) is 6.20. The lowest BCUT2D eigenvalue weighted by Crippen LogP contribution is -2.36. The van der Waals surface area contributed by atoms with Gasteiger partial charge in [-0.15, -0.1) is 11.3 Å². The summed E-state index contributed by atoms with van der Waals surface area (Å²) in [5.74, 6) is -0.243. The standard InChI is InChI=1S/C22H29N3O2S/c1-16-6-3-4-12-25(16)15-18-8-10-19(11-9-18)24-22(27)14-20(23-17(2)26)21-7-5-13-28-21/h5,7-11,13,16,20H,3-4,6,12,14-15H2,1-2H3,(H,23,26)(H,24,27)/t16-,20-/m0/s1. The van der Waals surface area contributed by atoms with Crippen molar-refractivity contribution in [3.05, 3.63) is 52.2 Å². The minimum atomic E-state index is -0.294. The monoisotopic (exact) mass is 399 g/mol. The van der Waals surface area contributed by atoms with Crippen LogP contribution in [0, 0.1) is 0 Å². The molecule has 2 amide bonds. The molecule has 1 saturated heterocycles. The summed E-state index contributed by atoms with van der Waals surface area (Å²) in [5, 5.41) is 7.76. The van der Waals surface area contributed by atoms with Crippen LogP contribution in [0.15, 0.2) is 41.8 Å². The molecule has 2 N–H and O–H groups in total. The summed E-state index contributed by atoms with van der Waals surface area (Å²) in [6, 6.07) is 12.3. The summed E-state index contributed by atoms with van der Waals surface area (Å²) in [5.41, 5.74) is 2.05. The van der Waals surface area contributed by atoms with Crippen molar-refractivity contribution in [2.45, 2.75) is 58.2 Å². The van der Waals surface area contributed by atoms with Crippen molar-refractivity contribution in [1.82, 2.24) is 10.2 Å². The SMILES string of the molecule is CC(=O)N[C@@H](CC(=O)Nc1ccc(CN2CCCC[C@@H]2C)cc1)c1cccs1. The molecule has 0 spiro atoms. The van der Waals surface area contributed by atoms with E-state index in [0.29, 0.717) is 6.04 Å². The molecule has 1 aromatic heterocycles. The number of carbonyl (C=O) groups excluding carboxylic acids is 2. The molecule has 1 fully saturated rings. The van der Waals surface area contributed by atoms with Crippen molar-refractivity contribution >= 4 is 28.8 Å². The van der Waals surface area contributed by atoms with Crippen LogP contribution in [0.3, 0.4) is 0 Å². The number of likely N-dealkylation sites (tertiary alicyclic amines) is 1. The molecule has 0 radical (unpaired) electrons. The second-order valence-corrected chi connectivity index (χ2v) is 8.51. The number of hydrogen-bond acceptors (Lipinski definition) is 4. The highest BCUT2D eigenvalue weighted by Crippen LogP contribution is 2.23. The summed E-state index contributed by atoms with van der Waals surface area (Å²) in [7, 11) is 0. The van der Waals surface area contributed by atoms with E-state index in [1.165, 1.54) is 31.7 Å². The first-order valence-corrected chi connectivity index (χ1v) is 10.8. The van der Waals surface area contributed by atoms with E-state index in [9.17, 15) is 9.59 Å². The summed E-state index contributed by atoms with van der Waals surface area (Å²) in [4.78, 5) is 27.5. The number of hydrogen-bond donors (Lipinski definition) is 2. The van der Waals surface area contributed by atoms with Gasteiger partial charge in [-0.1, -0.05) is 24.6 Å². The van der Waals surface area contributed by atoms with Crippen LogP contribution in [0.25, 0.3) is 0 Å². The maximum Gasteiger partial charge on any atom is 0.226 e. The number of thiophene rings is 1. The largest absolute Gasteiger partial charge is 0.348 e. The van der Waals surface area contributed by atoms with Crippen molar-refractivity contribution in [1.29, 1.82) is 0 Å². The van der Waals surface area contributed by atoms with Crippen molar-refractivity contribution in [3.8, 4) is 0 Å². The summed E-state index contributed by atoms with van der Waals surface area (Å²) in [6.07, 6.45) is 4.09. The Morgan fingerprint density at radius 3 is 2.64 bits per heavy atom. The van der Waals surface area contributed by atoms with Crippen LogP contribution in [-0.4, -0.2) is 29.3 Å². The van der Waals surface area contributed by atoms with E-state index in [1.54, 1.807) is 11.3 Å². The molecule has 0 bridgehead atoms. The molecule has 28 heavy (non-hydrogen) atoms. The van der Waals surface area contributed by atoms with Crippen LogP contribution >= 0.6 is 11.3 Å². The van der Waals surface area contributed by atoms with Gasteiger partial charge < -0.3 is 10.6 Å². The van der Waals surface area contributed by atoms with E-state index >= 15 is 0 Å². The highest BCUT2D eigenvalue weighted by molar-refractivity contribution is 7.10. The molecule has 1 aromatic carbocycles. The zero-order chi connectivity index (χ0) is 19.9. The summed E-state index contributed by atoms with van der Waals surface area (Å²) in [6.45, 7) is 5.89. The lowest BCUT2D eigenvalue weighted by molar-refractivity contribution is -0.120. The number of amides is 2. The zero-order valence-electron chi connectivity index (χ0n) is 16.6. The van der Waals surface area contributed by atoms with E-state index in [1.807, 2.05) is 29.6 Å². The Morgan fingerprint density at radius 1 is 1.21 bits per heavy atom. The Balaban J connectivity index is 1.55. The van der Waals surface area contributed by atoms with E-state index in [-0.39, 0.29) is 24.3 Å². The van der Waals surface area contributed by atoms with E-state index < -0.39 is 0 Å². The van der Waals surface area contributed by atoms with Gasteiger partial charge in [0.2, 0.25) is 11.8 Å². The topological polar surface area (TPSA) is 61.4 Å². The minimum Gasteiger partial charge on any atom is -0.348 e. The Labute approximate surface area is 171 Å². The molecule has 2 atom stereocenters. The fraction of sp³-hybridized carbons (Fsp3) is 0.455. The molecule has 0 aliphatic carbocycles. The van der Waals surface area contributed by atoms with Gasteiger partial charge in [-0.25, -0.2) is 0 Å². The number of benzene rings is 1. The highest BCUT2D eigenvalue weighted by atomic mass is 32.1. The van der Waals surface area contributed by atoms with Crippen LogP contribution in [0.5, 0.6) is 0 Å². The van der Waals surface area contributed by atoms with Gasteiger partial charge in [0, 0.05) is 30.1 Å². The molecular formula is C22H29N3O2S. The molecule has 2 aromatic rings. The number of rotatable bonds is 7. The van der Waals surface area contributed by atoms with Crippen molar-refractivity contribution in [2.24, 2.45) is 0 Å². The normalized spacial score (nSPS) is 18.4. The predicted molar refractivity (Wildman–Crippen MR) is 114 cm³/mol. The van der Waals surface area contributed by atoms with Crippen LogP contribution in [0.2, 0.25) is 0 Å². The summed E-state index contributed by atoms with van der Waals surface area (Å²) >= 11 is 1.54. The Kier molecular flexibility index (Phi) is 7.23. The first kappa shape index (κ1) is 20.6. The smallest absolute Gasteiger partial charge is 0.226 e. The number of piperidine rings is 1. The van der Waals surface area contributed by atoms with Gasteiger partial charge in [-0.3, -0.25) is 14.5 Å². The Bertz CT molecular complexity index is 774. The van der Waals surface area contributed by atoms with Gasteiger partial charge in [-0.05, 0) is 55.5 Å². The van der Waals surface area contributed by atoms with Crippen molar-refractivity contribution in [3.63, 3.8) is 0 Å². The minimum absolute atomic E-state index is 0.107. The maximum absolute atomic E-state index is 12.5. The first-order valence-electron chi connectivity index (χ1n) is 9.94. The van der Waals surface area contributed by atoms with Crippen molar-refractivity contribution in [2.75, 3.05) is 11.9 Å². The fourth-order valence-electron chi connectivity index (χ4n) is 3.68. The quantitative estimate of drug-likeness (QED) is 0.728. The summed E-state index contributed by atoms with van der Waals surface area (Å²) < 4.78 is 0. The molecule has 5 nitrogen and oxygen atoms in total. The second kappa shape index (κ2) is 9.85. The van der Waals surface area contributed by atoms with Gasteiger partial charge in [0.05, 0.1) is 12.5 Å². The fourth-order valence-corrected chi connectivity index (χ4v) is 4.45. The first-order chi connectivity index (χ1) is 13.5. The Hall–Kier alpha value is -2.18. The van der Waals surface area contributed by atoms with Gasteiger partial charge in [0.25, 0.3) is 0 Å². The molecular weight excluding hydrogens is 370 g/mol. The molecule has 150 valence electrons. The van der Waals surface area contributed by atoms with Crippen LogP contribution in [0.4, 0.5) is 5.69 Å². The molecule has 1 aliphatic rings. The molecule has 3 rings (SSSR count). The molecule has 0 unspecified atom stereocenters. The van der Waals surface area contributed by atoms with E-state index in [4.69, 9.17) is 0 Å². The third-order valence-electron chi connectivity index (χ3n) is 5.22. The number of anilines is 1. The van der Waals surface area contributed by atoms with E-state index in [0.717, 1.165) is 23.7 Å². The van der Waals surface area contributed by atoms with Crippen LogP contribution in [0.1, 0.15) is 56.0 Å². The van der Waals surface area contributed by atoms with Gasteiger partial charge in [0.15, 0.2) is 0 Å². The second-order valence-electron chi connectivity index (χ2n) is 7.53. The van der Waals surface area contributed by atoms with Gasteiger partial charge in [0.1, 0.15) is 0 Å². The maximum atomic E-state index is 12.5. The van der Waals surface area contributed by atoms with Gasteiger partial charge in [-0.2, -0.15) is 0 Å². The molecule has 6 heteroatoms. The molecule has 2 heterocycles. The average Bonchev–Trinajstić information content (AvgIpc) is 3.19. The lowest BCUT2D eigenvalue weighted by atomic mass is 10.0. The number of nitrogens with one attached hydrogen (secondary N) is 2. The number of carbonyl (C=O) groups is 2. The molecule has 1 aliphatic heterocycles. The number of nitrogens with zero attached hydrogens (tertiary/aromatic N) is 1. The predicted octanol–water partition coefficient (Wildman–Crippen LogP) is 4.33. The van der Waals surface area contributed by atoms with Crippen molar-refractivity contribution < 1.29 is 9.59 Å². The van der Waals surface area contributed by atoms with Crippen LogP contribution < -0.4 is 10.6 Å². The lowest BCUT2D eigenvalue weighted by Gasteiger charge is -2.33. The molecule has 0 saturated carbocycles. The highest BCUT2D eigenvalue weighted by Gasteiger charge is 2.19. The Morgan fingerprint density at radius 2 is 2.00 bits per heavy atom.